The fourth-order valence-electron chi connectivity index (χ4n) is 4.45. The highest BCUT2D eigenvalue weighted by Gasteiger charge is 2.36. The van der Waals surface area contributed by atoms with Gasteiger partial charge >= 0.3 is 0 Å². The fraction of sp³-hybridized carbons (Fsp3) is 0.207. The second kappa shape index (κ2) is 10.7. The first-order valence-electron chi connectivity index (χ1n) is 12.1. The van der Waals surface area contributed by atoms with E-state index in [2.05, 4.69) is 48.0 Å². The largest absolute Gasteiger partial charge is 0.372 e. The van der Waals surface area contributed by atoms with Crippen LogP contribution in [0.5, 0.6) is 0 Å². The molecule has 2 aliphatic heterocycles. The predicted octanol–water partition coefficient (Wildman–Crippen LogP) is 7.01. The number of hydrazone groups is 1. The van der Waals surface area contributed by atoms with Crippen LogP contribution in [0, 0.1) is 0 Å². The van der Waals surface area contributed by atoms with Crippen LogP contribution < -0.4 is 4.90 Å². The van der Waals surface area contributed by atoms with Crippen molar-refractivity contribution in [1.82, 2.24) is 5.01 Å². The molecule has 0 spiro atoms. The number of anilines is 1. The molecular formula is C29H27ClN4OS. The molecule has 0 saturated carbocycles. The summed E-state index contributed by atoms with van der Waals surface area (Å²) in [5, 5.41) is 8.10. The number of hydrogen-bond acceptors (Lipinski definition) is 5. The highest BCUT2D eigenvalue weighted by Crippen LogP contribution is 2.39. The summed E-state index contributed by atoms with van der Waals surface area (Å²) >= 11 is 7.51. The quantitative estimate of drug-likeness (QED) is 0.332. The molecule has 182 valence electrons. The molecule has 0 N–H and O–H groups in total. The third-order valence-corrected chi connectivity index (χ3v) is 7.62. The van der Waals surface area contributed by atoms with Crippen molar-refractivity contribution in [3.63, 3.8) is 0 Å². The van der Waals surface area contributed by atoms with Crippen LogP contribution in [0.15, 0.2) is 93.9 Å². The number of amides is 1. The first kappa shape index (κ1) is 24.3. The van der Waals surface area contributed by atoms with Gasteiger partial charge in [0, 0.05) is 30.2 Å². The Bertz CT molecular complexity index is 1330. The van der Waals surface area contributed by atoms with Crippen LogP contribution in [0.1, 0.15) is 43.0 Å². The van der Waals surface area contributed by atoms with E-state index in [4.69, 9.17) is 16.7 Å². The minimum Gasteiger partial charge on any atom is -0.372 e. The summed E-state index contributed by atoms with van der Waals surface area (Å²) in [5.41, 5.74) is 5.26. The van der Waals surface area contributed by atoms with Crippen molar-refractivity contribution in [2.24, 2.45) is 10.1 Å². The molecule has 1 atom stereocenters. The van der Waals surface area contributed by atoms with Crippen molar-refractivity contribution in [2.45, 2.75) is 26.3 Å². The summed E-state index contributed by atoms with van der Waals surface area (Å²) in [5.74, 6) is -0.235. The summed E-state index contributed by atoms with van der Waals surface area (Å²) in [6.45, 7) is 6.21. The van der Waals surface area contributed by atoms with Gasteiger partial charge in [-0.2, -0.15) is 10.1 Å². The van der Waals surface area contributed by atoms with E-state index in [1.165, 1.54) is 17.4 Å². The van der Waals surface area contributed by atoms with Crippen LogP contribution in [-0.2, 0) is 4.79 Å². The summed E-state index contributed by atoms with van der Waals surface area (Å²) in [4.78, 5) is 20.2. The Labute approximate surface area is 221 Å². The molecular weight excluding hydrogens is 488 g/mol. The lowest BCUT2D eigenvalue weighted by molar-refractivity contribution is -0.113. The number of hydrogen-bond donors (Lipinski definition) is 0. The van der Waals surface area contributed by atoms with E-state index >= 15 is 0 Å². The molecule has 36 heavy (non-hydrogen) atoms. The van der Waals surface area contributed by atoms with Crippen LogP contribution in [0.4, 0.5) is 5.69 Å². The van der Waals surface area contributed by atoms with Gasteiger partial charge in [-0.1, -0.05) is 66.2 Å². The Morgan fingerprint density at radius 1 is 1.00 bits per heavy atom. The number of thioether (sulfide) groups is 1. The number of halogens is 1. The first-order valence-corrected chi connectivity index (χ1v) is 13.3. The number of rotatable bonds is 6. The topological polar surface area (TPSA) is 48.3 Å². The van der Waals surface area contributed by atoms with Gasteiger partial charge in [0.2, 0.25) is 0 Å². The van der Waals surface area contributed by atoms with Gasteiger partial charge in [0.15, 0.2) is 5.17 Å². The predicted molar refractivity (Wildman–Crippen MR) is 152 cm³/mol. The highest BCUT2D eigenvalue weighted by atomic mass is 35.5. The Balaban J connectivity index is 1.41. The van der Waals surface area contributed by atoms with Gasteiger partial charge in [0.1, 0.15) is 0 Å². The number of carbonyl (C=O) groups excluding carboxylic acids is 1. The zero-order chi connectivity index (χ0) is 25.1. The molecule has 7 heteroatoms. The molecule has 5 rings (SSSR count). The maximum Gasteiger partial charge on any atom is 0.286 e. The summed E-state index contributed by atoms with van der Waals surface area (Å²) in [6.07, 6.45) is 2.62. The maximum absolute atomic E-state index is 12.9. The maximum atomic E-state index is 12.9. The average molecular weight is 515 g/mol. The third kappa shape index (κ3) is 5.11. The monoisotopic (exact) mass is 514 g/mol. The van der Waals surface area contributed by atoms with E-state index < -0.39 is 0 Å². The lowest BCUT2D eigenvalue weighted by Crippen LogP contribution is -2.23. The normalized spacial score (nSPS) is 18.5. The zero-order valence-electron chi connectivity index (χ0n) is 20.3. The molecule has 5 nitrogen and oxygen atoms in total. The van der Waals surface area contributed by atoms with E-state index in [-0.39, 0.29) is 11.9 Å². The van der Waals surface area contributed by atoms with Gasteiger partial charge in [-0.05, 0) is 72.6 Å². The molecule has 0 fully saturated rings. The van der Waals surface area contributed by atoms with Crippen LogP contribution in [0.3, 0.4) is 0 Å². The van der Waals surface area contributed by atoms with E-state index in [0.717, 1.165) is 35.5 Å². The van der Waals surface area contributed by atoms with Gasteiger partial charge in [0.05, 0.1) is 16.7 Å². The molecule has 3 aromatic rings. The average Bonchev–Trinajstić information content (AvgIpc) is 3.51. The van der Waals surface area contributed by atoms with Gasteiger partial charge in [-0.25, -0.2) is 5.01 Å². The number of nitrogens with zero attached hydrogens (tertiary/aromatic N) is 4. The van der Waals surface area contributed by atoms with E-state index in [0.29, 0.717) is 21.5 Å². The number of carbonyl (C=O) groups is 1. The second-order valence-corrected chi connectivity index (χ2v) is 10.0. The number of benzene rings is 3. The highest BCUT2D eigenvalue weighted by molar-refractivity contribution is 8.18. The third-order valence-electron chi connectivity index (χ3n) is 6.40. The minimum atomic E-state index is -0.235. The van der Waals surface area contributed by atoms with E-state index in [1.807, 2.05) is 65.7 Å². The van der Waals surface area contributed by atoms with E-state index in [9.17, 15) is 4.79 Å². The van der Waals surface area contributed by atoms with Gasteiger partial charge in [-0.15, -0.1) is 0 Å². The molecule has 0 aliphatic carbocycles. The lowest BCUT2D eigenvalue weighted by atomic mass is 9.99. The van der Waals surface area contributed by atoms with Crippen molar-refractivity contribution in [3.8, 4) is 0 Å². The van der Waals surface area contributed by atoms with Gasteiger partial charge in [-0.3, -0.25) is 4.79 Å². The summed E-state index contributed by atoms with van der Waals surface area (Å²) < 4.78 is 0. The lowest BCUT2D eigenvalue weighted by Gasteiger charge is -2.22. The molecule has 1 unspecified atom stereocenters. The molecule has 0 bridgehead atoms. The standard InChI is InChI=1S/C29H27ClN4OS/c1-3-33(4-2)24-16-10-20(11-17-24)18-27-28(35)31-29(36-27)34-26(22-12-14-23(30)15-13-22)19-25(32-34)21-8-6-5-7-9-21/h5-18,26H,3-4,19H2,1-2H3/b27-18-. The number of aliphatic imine (C=N–C) groups is 1. The summed E-state index contributed by atoms with van der Waals surface area (Å²) in [6, 6.07) is 26.1. The van der Waals surface area contributed by atoms with Gasteiger partial charge in [0.25, 0.3) is 5.91 Å². The summed E-state index contributed by atoms with van der Waals surface area (Å²) in [7, 11) is 0. The molecule has 0 aromatic heterocycles. The van der Waals surface area contributed by atoms with Crippen LogP contribution >= 0.6 is 23.4 Å². The van der Waals surface area contributed by atoms with Crippen LogP contribution in [-0.4, -0.2) is 34.9 Å². The SMILES string of the molecule is CCN(CC)c1ccc(/C=C2\SC(N3N=C(c4ccccc4)CC3c3ccc(Cl)cc3)=NC2=O)cc1. The van der Waals surface area contributed by atoms with Gasteiger partial charge < -0.3 is 4.90 Å². The zero-order valence-corrected chi connectivity index (χ0v) is 21.8. The Morgan fingerprint density at radius 2 is 1.69 bits per heavy atom. The molecule has 2 heterocycles. The van der Waals surface area contributed by atoms with Crippen LogP contribution in [0.2, 0.25) is 5.02 Å². The van der Waals surface area contributed by atoms with Crippen LogP contribution in [0.25, 0.3) is 6.08 Å². The number of amidine groups is 1. The van der Waals surface area contributed by atoms with E-state index in [1.54, 1.807) is 0 Å². The molecule has 3 aromatic carbocycles. The van der Waals surface area contributed by atoms with Crippen molar-refractivity contribution < 1.29 is 4.79 Å². The smallest absolute Gasteiger partial charge is 0.286 e. The van der Waals surface area contributed by atoms with Crippen molar-refractivity contribution >= 4 is 51.9 Å². The Kier molecular flexibility index (Phi) is 7.25. The fourth-order valence-corrected chi connectivity index (χ4v) is 5.49. The molecule has 0 saturated heterocycles. The first-order chi connectivity index (χ1) is 17.6. The Hall–Kier alpha value is -3.35. The second-order valence-electron chi connectivity index (χ2n) is 8.60. The minimum absolute atomic E-state index is 0.0655. The molecule has 1 amide bonds. The van der Waals surface area contributed by atoms with Crippen molar-refractivity contribution in [2.75, 3.05) is 18.0 Å². The Morgan fingerprint density at radius 3 is 2.36 bits per heavy atom. The van der Waals surface area contributed by atoms with Crippen molar-refractivity contribution in [1.29, 1.82) is 0 Å². The van der Waals surface area contributed by atoms with Crippen molar-refractivity contribution in [3.05, 3.63) is 105 Å². The molecule has 2 aliphatic rings. The molecule has 0 radical (unpaired) electrons.